The lowest BCUT2D eigenvalue weighted by Gasteiger charge is -2.13. The Kier molecular flexibility index (Phi) is 5.31. The van der Waals surface area contributed by atoms with Crippen molar-refractivity contribution in [1.29, 1.82) is 0 Å². The molecule has 2 aromatic rings. The van der Waals surface area contributed by atoms with Gasteiger partial charge in [0.15, 0.2) is 0 Å². The summed E-state index contributed by atoms with van der Waals surface area (Å²) in [5.41, 5.74) is 0.753. The Morgan fingerprint density at radius 1 is 1.45 bits per heavy atom. The number of fused-ring (bicyclic) bond motifs is 1. The van der Waals surface area contributed by atoms with Gasteiger partial charge in [-0.2, -0.15) is 0 Å². The maximum atomic E-state index is 12.4. The maximum Gasteiger partial charge on any atom is 0.261 e. The maximum absolute atomic E-state index is 12.4. The molecular formula is C15H20BrN3O. The molecule has 1 aromatic carbocycles. The molecular weight excluding hydrogens is 318 g/mol. The van der Waals surface area contributed by atoms with Crippen LogP contribution < -0.4 is 10.9 Å². The monoisotopic (exact) mass is 337 g/mol. The van der Waals surface area contributed by atoms with E-state index in [-0.39, 0.29) is 5.56 Å². The molecule has 0 aliphatic heterocycles. The summed E-state index contributed by atoms with van der Waals surface area (Å²) >= 11 is 3.39. The second-order valence-electron chi connectivity index (χ2n) is 5.05. The average Bonchev–Trinajstić information content (AvgIpc) is 2.42. The zero-order chi connectivity index (χ0) is 14.5. The zero-order valence-electron chi connectivity index (χ0n) is 11.9. The molecule has 2 rings (SSSR count). The first kappa shape index (κ1) is 15.2. The van der Waals surface area contributed by atoms with Gasteiger partial charge in [0, 0.05) is 23.6 Å². The highest BCUT2D eigenvalue weighted by molar-refractivity contribution is 9.10. The number of hydrogen-bond acceptors (Lipinski definition) is 3. The van der Waals surface area contributed by atoms with Crippen LogP contribution in [0.4, 0.5) is 0 Å². The third-order valence-corrected chi connectivity index (χ3v) is 3.85. The number of halogens is 1. The fraction of sp³-hybridized carbons (Fsp3) is 0.467. The van der Waals surface area contributed by atoms with E-state index in [1.54, 1.807) is 10.9 Å². The number of hydrogen-bond donors (Lipinski definition) is 1. The highest BCUT2D eigenvalue weighted by Gasteiger charge is 2.05. The van der Waals surface area contributed by atoms with Crippen molar-refractivity contribution in [3.63, 3.8) is 0 Å². The average molecular weight is 338 g/mol. The fourth-order valence-electron chi connectivity index (χ4n) is 2.26. The predicted molar refractivity (Wildman–Crippen MR) is 86.1 cm³/mol. The minimum Gasteiger partial charge on any atom is -0.312 e. The highest BCUT2D eigenvalue weighted by Crippen LogP contribution is 2.14. The van der Waals surface area contributed by atoms with Gasteiger partial charge in [-0.1, -0.05) is 29.3 Å². The van der Waals surface area contributed by atoms with Crippen molar-refractivity contribution in [2.24, 2.45) is 0 Å². The number of rotatable bonds is 6. The molecule has 0 saturated heterocycles. The summed E-state index contributed by atoms with van der Waals surface area (Å²) in [6.07, 6.45) is 3.95. The molecule has 0 aliphatic carbocycles. The third kappa shape index (κ3) is 3.67. The van der Waals surface area contributed by atoms with Crippen molar-refractivity contribution in [3.8, 4) is 0 Å². The van der Waals surface area contributed by atoms with E-state index in [9.17, 15) is 4.79 Å². The molecule has 1 unspecified atom stereocenters. The van der Waals surface area contributed by atoms with E-state index in [0.29, 0.717) is 18.0 Å². The summed E-state index contributed by atoms with van der Waals surface area (Å²) < 4.78 is 2.57. The van der Waals surface area contributed by atoms with Gasteiger partial charge >= 0.3 is 0 Å². The summed E-state index contributed by atoms with van der Waals surface area (Å²) in [6, 6.07) is 6.06. The molecule has 0 amide bonds. The normalized spacial score (nSPS) is 12.8. The van der Waals surface area contributed by atoms with Gasteiger partial charge in [0.05, 0.1) is 17.2 Å². The van der Waals surface area contributed by atoms with Gasteiger partial charge in [0.1, 0.15) is 0 Å². The zero-order valence-corrected chi connectivity index (χ0v) is 13.5. The molecule has 0 spiro atoms. The van der Waals surface area contributed by atoms with E-state index < -0.39 is 0 Å². The SMILES string of the molecule is CCCC(C)NCCn1cnc2ccc(Br)cc2c1=O. The van der Waals surface area contributed by atoms with E-state index in [1.807, 2.05) is 18.2 Å². The number of aromatic nitrogens is 2. The Morgan fingerprint density at radius 3 is 3.00 bits per heavy atom. The highest BCUT2D eigenvalue weighted by atomic mass is 79.9. The smallest absolute Gasteiger partial charge is 0.261 e. The first-order valence-electron chi connectivity index (χ1n) is 7.00. The molecule has 1 heterocycles. The molecule has 1 atom stereocenters. The van der Waals surface area contributed by atoms with Gasteiger partial charge in [-0.15, -0.1) is 0 Å². The van der Waals surface area contributed by atoms with Gasteiger partial charge in [0.25, 0.3) is 5.56 Å². The van der Waals surface area contributed by atoms with Crippen LogP contribution in [0.2, 0.25) is 0 Å². The molecule has 108 valence electrons. The molecule has 20 heavy (non-hydrogen) atoms. The van der Waals surface area contributed by atoms with Crippen LogP contribution in [0, 0.1) is 0 Å². The Hall–Kier alpha value is -1.20. The van der Waals surface area contributed by atoms with Gasteiger partial charge < -0.3 is 5.32 Å². The molecule has 0 bridgehead atoms. The molecule has 5 heteroatoms. The summed E-state index contributed by atoms with van der Waals surface area (Å²) in [4.78, 5) is 16.7. The molecule has 0 aliphatic rings. The lowest BCUT2D eigenvalue weighted by atomic mass is 10.2. The molecule has 0 saturated carbocycles. The van der Waals surface area contributed by atoms with Gasteiger partial charge in [-0.25, -0.2) is 4.98 Å². The van der Waals surface area contributed by atoms with Crippen LogP contribution in [0.15, 0.2) is 33.8 Å². The topological polar surface area (TPSA) is 46.9 Å². The quantitative estimate of drug-likeness (QED) is 0.881. The molecule has 0 radical (unpaired) electrons. The molecule has 1 N–H and O–H groups in total. The number of nitrogens with one attached hydrogen (secondary N) is 1. The van der Waals surface area contributed by atoms with Crippen molar-refractivity contribution in [2.75, 3.05) is 6.54 Å². The molecule has 0 fully saturated rings. The van der Waals surface area contributed by atoms with Gasteiger partial charge in [-0.05, 0) is 31.5 Å². The van der Waals surface area contributed by atoms with E-state index in [4.69, 9.17) is 0 Å². The van der Waals surface area contributed by atoms with Crippen LogP contribution in [0.3, 0.4) is 0 Å². The van der Waals surface area contributed by atoms with Crippen molar-refractivity contribution >= 4 is 26.8 Å². The molecule has 1 aromatic heterocycles. The second kappa shape index (κ2) is 6.99. The van der Waals surface area contributed by atoms with Crippen molar-refractivity contribution in [1.82, 2.24) is 14.9 Å². The van der Waals surface area contributed by atoms with E-state index in [0.717, 1.165) is 23.0 Å². The van der Waals surface area contributed by atoms with Crippen molar-refractivity contribution < 1.29 is 0 Å². The largest absolute Gasteiger partial charge is 0.312 e. The minimum atomic E-state index is 0.0150. The van der Waals surface area contributed by atoms with E-state index in [1.165, 1.54) is 6.42 Å². The first-order chi connectivity index (χ1) is 9.61. The first-order valence-corrected chi connectivity index (χ1v) is 7.79. The Bertz CT molecular complexity index is 639. The summed E-state index contributed by atoms with van der Waals surface area (Å²) in [5.74, 6) is 0. The van der Waals surface area contributed by atoms with Crippen LogP contribution in [0.25, 0.3) is 10.9 Å². The predicted octanol–water partition coefficient (Wildman–Crippen LogP) is 2.94. The number of benzene rings is 1. The number of nitrogens with zero attached hydrogens (tertiary/aromatic N) is 2. The standard InChI is InChI=1S/C15H20BrN3O/c1-3-4-11(2)17-7-8-19-10-18-14-6-5-12(16)9-13(14)15(19)20/h5-6,9-11,17H,3-4,7-8H2,1-2H3. The summed E-state index contributed by atoms with van der Waals surface area (Å²) in [5, 5.41) is 4.08. The van der Waals surface area contributed by atoms with Crippen LogP contribution >= 0.6 is 15.9 Å². The van der Waals surface area contributed by atoms with Gasteiger partial charge in [0.2, 0.25) is 0 Å². The Labute approximate surface area is 127 Å². The molecule has 4 nitrogen and oxygen atoms in total. The Balaban J connectivity index is 2.11. The minimum absolute atomic E-state index is 0.0150. The van der Waals surface area contributed by atoms with Crippen LogP contribution in [0.1, 0.15) is 26.7 Å². The van der Waals surface area contributed by atoms with Crippen LogP contribution in [0.5, 0.6) is 0 Å². The summed E-state index contributed by atoms with van der Waals surface area (Å²) in [6.45, 7) is 5.76. The lowest BCUT2D eigenvalue weighted by Crippen LogP contribution is -2.32. The van der Waals surface area contributed by atoms with Crippen LogP contribution in [-0.4, -0.2) is 22.1 Å². The lowest BCUT2D eigenvalue weighted by molar-refractivity contribution is 0.481. The van der Waals surface area contributed by atoms with Crippen molar-refractivity contribution in [3.05, 3.63) is 39.4 Å². The second-order valence-corrected chi connectivity index (χ2v) is 5.96. The van der Waals surface area contributed by atoms with Crippen LogP contribution in [-0.2, 0) is 6.54 Å². The van der Waals surface area contributed by atoms with Crippen molar-refractivity contribution in [2.45, 2.75) is 39.3 Å². The Morgan fingerprint density at radius 2 is 2.25 bits per heavy atom. The van der Waals surface area contributed by atoms with E-state index in [2.05, 4.69) is 40.1 Å². The fourth-order valence-corrected chi connectivity index (χ4v) is 2.62. The third-order valence-electron chi connectivity index (χ3n) is 3.35. The van der Waals surface area contributed by atoms with E-state index >= 15 is 0 Å². The summed E-state index contributed by atoms with van der Waals surface area (Å²) in [7, 11) is 0. The van der Waals surface area contributed by atoms with Gasteiger partial charge in [-0.3, -0.25) is 9.36 Å².